The molecule has 1 heterocycles. The van der Waals surface area contributed by atoms with Crippen molar-refractivity contribution in [1.82, 2.24) is 5.32 Å². The van der Waals surface area contributed by atoms with Gasteiger partial charge in [0.25, 0.3) is 5.91 Å². The number of amides is 2. The molecule has 1 unspecified atom stereocenters. The van der Waals surface area contributed by atoms with Gasteiger partial charge in [-0.25, -0.2) is 0 Å². The summed E-state index contributed by atoms with van der Waals surface area (Å²) in [6.07, 6.45) is 0.196. The summed E-state index contributed by atoms with van der Waals surface area (Å²) in [7, 11) is 3.93. The molecule has 6 heteroatoms. The van der Waals surface area contributed by atoms with Gasteiger partial charge in [0.1, 0.15) is 0 Å². The second-order valence-corrected chi connectivity index (χ2v) is 5.12. The molecule has 1 atom stereocenters. The van der Waals surface area contributed by atoms with Crippen LogP contribution in [-0.4, -0.2) is 45.0 Å². The zero-order valence-corrected chi connectivity index (χ0v) is 11.8. The molecule has 4 N–H and O–H groups in total. The van der Waals surface area contributed by atoms with Gasteiger partial charge in [-0.3, -0.25) is 9.59 Å². The van der Waals surface area contributed by atoms with Crippen LogP contribution >= 0.6 is 0 Å². The number of carbonyl (C=O) groups is 2. The van der Waals surface area contributed by atoms with Gasteiger partial charge in [0.15, 0.2) is 6.04 Å². The second-order valence-electron chi connectivity index (χ2n) is 5.12. The summed E-state index contributed by atoms with van der Waals surface area (Å²) in [5.74, 6) is -0.199. The van der Waals surface area contributed by atoms with E-state index < -0.39 is 0 Å². The van der Waals surface area contributed by atoms with Crippen LogP contribution < -0.4 is 20.9 Å². The van der Waals surface area contributed by atoms with Crippen molar-refractivity contribution in [2.45, 2.75) is 12.5 Å². The lowest BCUT2D eigenvalue weighted by Crippen LogP contribution is -2.96. The Morgan fingerprint density at radius 1 is 1.40 bits per heavy atom. The Morgan fingerprint density at radius 2 is 2.10 bits per heavy atom. The number of hydrogen-bond donors (Lipinski definition) is 3. The van der Waals surface area contributed by atoms with E-state index in [0.717, 1.165) is 17.9 Å². The third-order valence-corrected chi connectivity index (χ3v) is 3.30. The summed E-state index contributed by atoms with van der Waals surface area (Å²) in [4.78, 5) is 25.5. The third-order valence-electron chi connectivity index (χ3n) is 3.30. The van der Waals surface area contributed by atoms with Crippen LogP contribution in [0.3, 0.4) is 0 Å². The van der Waals surface area contributed by atoms with Gasteiger partial charge in [0.05, 0.1) is 19.5 Å². The van der Waals surface area contributed by atoms with Gasteiger partial charge in [-0.15, -0.1) is 0 Å². The van der Waals surface area contributed by atoms with Crippen LogP contribution in [-0.2, 0) is 9.59 Å². The molecule has 1 fully saturated rings. The standard InChI is InChI=1S/C14H20N4O2/c1-18(2)11-5-3-10(4-6-11)17-13(19)9-12-14(20)16-8-7-15-12/h3-6,12,15H,7-9H2,1-2H3,(H,16,20)(H,17,19)/p+1. The lowest BCUT2D eigenvalue weighted by Gasteiger charge is -2.19. The zero-order chi connectivity index (χ0) is 14.5. The van der Waals surface area contributed by atoms with Crippen molar-refractivity contribution in [3.8, 4) is 0 Å². The molecule has 0 aromatic heterocycles. The number of nitrogens with one attached hydrogen (secondary N) is 2. The monoisotopic (exact) mass is 277 g/mol. The summed E-state index contributed by atoms with van der Waals surface area (Å²) in [5.41, 5.74) is 1.82. The first-order chi connectivity index (χ1) is 9.56. The molecule has 1 aliphatic heterocycles. The van der Waals surface area contributed by atoms with E-state index in [0.29, 0.717) is 6.54 Å². The van der Waals surface area contributed by atoms with Crippen molar-refractivity contribution in [3.05, 3.63) is 24.3 Å². The average molecular weight is 277 g/mol. The number of benzene rings is 1. The van der Waals surface area contributed by atoms with Gasteiger partial charge < -0.3 is 20.9 Å². The quantitative estimate of drug-likeness (QED) is 0.670. The summed E-state index contributed by atoms with van der Waals surface area (Å²) in [6, 6.07) is 7.28. The first-order valence-electron chi connectivity index (χ1n) is 6.74. The predicted molar refractivity (Wildman–Crippen MR) is 77.6 cm³/mol. The van der Waals surface area contributed by atoms with Gasteiger partial charge in [-0.1, -0.05) is 0 Å². The molecule has 1 aliphatic rings. The molecule has 0 radical (unpaired) electrons. The van der Waals surface area contributed by atoms with E-state index in [1.807, 2.05) is 48.6 Å². The van der Waals surface area contributed by atoms with Crippen LogP contribution in [0, 0.1) is 0 Å². The number of nitrogens with two attached hydrogens (primary N) is 1. The molecule has 1 saturated heterocycles. The van der Waals surface area contributed by atoms with Gasteiger partial charge in [-0.2, -0.15) is 0 Å². The van der Waals surface area contributed by atoms with Crippen molar-refractivity contribution < 1.29 is 14.9 Å². The minimum atomic E-state index is -0.315. The second kappa shape index (κ2) is 6.38. The molecule has 6 nitrogen and oxygen atoms in total. The topological polar surface area (TPSA) is 78.1 Å². The van der Waals surface area contributed by atoms with Gasteiger partial charge in [0.2, 0.25) is 5.91 Å². The maximum absolute atomic E-state index is 11.9. The van der Waals surface area contributed by atoms with Crippen LogP contribution in [0.25, 0.3) is 0 Å². The molecule has 1 aromatic rings. The van der Waals surface area contributed by atoms with Crippen LogP contribution in [0.15, 0.2) is 24.3 Å². The molecule has 2 rings (SSSR count). The average Bonchev–Trinajstić information content (AvgIpc) is 2.42. The number of anilines is 2. The Labute approximate surface area is 118 Å². The van der Waals surface area contributed by atoms with Crippen molar-refractivity contribution in [3.63, 3.8) is 0 Å². The van der Waals surface area contributed by atoms with Gasteiger partial charge in [-0.05, 0) is 24.3 Å². The van der Waals surface area contributed by atoms with Gasteiger partial charge >= 0.3 is 0 Å². The SMILES string of the molecule is CN(C)c1ccc(NC(=O)CC2[NH2+]CCNC2=O)cc1. The largest absolute Gasteiger partial charge is 0.378 e. The highest BCUT2D eigenvalue weighted by molar-refractivity contribution is 5.95. The Kier molecular flexibility index (Phi) is 4.57. The summed E-state index contributed by atoms with van der Waals surface area (Å²) in [5, 5.41) is 7.49. The Balaban J connectivity index is 1.89. The Hall–Kier alpha value is -2.08. The van der Waals surface area contributed by atoms with Crippen molar-refractivity contribution in [2.24, 2.45) is 0 Å². The lowest BCUT2D eigenvalue weighted by atomic mass is 10.1. The highest BCUT2D eigenvalue weighted by Crippen LogP contribution is 2.15. The van der Waals surface area contributed by atoms with Crippen molar-refractivity contribution in [1.29, 1.82) is 0 Å². The highest BCUT2D eigenvalue weighted by atomic mass is 16.2. The number of quaternary nitrogens is 1. The molecule has 2 amide bonds. The molecule has 108 valence electrons. The van der Waals surface area contributed by atoms with Crippen LogP contribution in [0.4, 0.5) is 11.4 Å². The minimum absolute atomic E-state index is 0.0608. The van der Waals surface area contributed by atoms with E-state index in [2.05, 4.69) is 10.6 Å². The molecule has 0 bridgehead atoms. The molecular formula is C14H21N4O2+. The van der Waals surface area contributed by atoms with E-state index >= 15 is 0 Å². The van der Waals surface area contributed by atoms with Crippen molar-refractivity contribution in [2.75, 3.05) is 37.4 Å². The smallest absolute Gasteiger partial charge is 0.278 e. The van der Waals surface area contributed by atoms with E-state index in [1.165, 1.54) is 0 Å². The first kappa shape index (κ1) is 14.3. The molecule has 0 spiro atoms. The van der Waals surface area contributed by atoms with Gasteiger partial charge in [0, 0.05) is 25.5 Å². The number of carbonyl (C=O) groups excluding carboxylic acids is 2. The van der Waals surface area contributed by atoms with Crippen LogP contribution in [0.5, 0.6) is 0 Å². The Morgan fingerprint density at radius 3 is 2.70 bits per heavy atom. The van der Waals surface area contributed by atoms with Crippen molar-refractivity contribution >= 4 is 23.2 Å². The zero-order valence-electron chi connectivity index (χ0n) is 11.8. The number of rotatable bonds is 4. The highest BCUT2D eigenvalue weighted by Gasteiger charge is 2.27. The van der Waals surface area contributed by atoms with Crippen LogP contribution in [0.2, 0.25) is 0 Å². The van der Waals surface area contributed by atoms with E-state index in [1.54, 1.807) is 0 Å². The predicted octanol–water partition coefficient (Wildman–Crippen LogP) is -0.857. The molecular weight excluding hydrogens is 256 g/mol. The fourth-order valence-corrected chi connectivity index (χ4v) is 2.15. The lowest BCUT2D eigenvalue weighted by molar-refractivity contribution is -0.678. The molecule has 0 saturated carbocycles. The summed E-state index contributed by atoms with van der Waals surface area (Å²) in [6.45, 7) is 1.49. The maximum atomic E-state index is 11.9. The fraction of sp³-hybridized carbons (Fsp3) is 0.429. The minimum Gasteiger partial charge on any atom is -0.378 e. The molecule has 20 heavy (non-hydrogen) atoms. The number of piperazine rings is 1. The normalized spacial score (nSPS) is 18.3. The van der Waals surface area contributed by atoms with Crippen LogP contribution in [0.1, 0.15) is 6.42 Å². The molecule has 1 aromatic carbocycles. The summed E-state index contributed by atoms with van der Waals surface area (Å²) >= 11 is 0. The Bertz CT molecular complexity index is 484. The third kappa shape index (κ3) is 3.71. The van der Waals surface area contributed by atoms with E-state index in [4.69, 9.17) is 0 Å². The first-order valence-corrected chi connectivity index (χ1v) is 6.74. The molecule has 0 aliphatic carbocycles. The van der Waals surface area contributed by atoms with E-state index in [-0.39, 0.29) is 24.3 Å². The summed E-state index contributed by atoms with van der Waals surface area (Å²) < 4.78 is 0. The maximum Gasteiger partial charge on any atom is 0.278 e. The van der Waals surface area contributed by atoms with E-state index in [9.17, 15) is 9.59 Å². The number of nitrogens with zero attached hydrogens (tertiary/aromatic N) is 1. The number of hydrogen-bond acceptors (Lipinski definition) is 3. The fourth-order valence-electron chi connectivity index (χ4n) is 2.15.